The molecule has 0 heterocycles. The average Bonchev–Trinajstić information content (AvgIpc) is 2.39. The lowest BCUT2D eigenvalue weighted by Crippen LogP contribution is -2.24. The van der Waals surface area contributed by atoms with E-state index in [4.69, 9.17) is 12.2 Å². The minimum Gasteiger partial charge on any atom is -0.358 e. The maximum atomic E-state index is 4.81. The van der Waals surface area contributed by atoms with Gasteiger partial charge >= 0.3 is 0 Å². The number of thiocarbonyl (C=S) groups is 2. The summed E-state index contributed by atoms with van der Waals surface area (Å²) in [7, 11) is 0. The van der Waals surface area contributed by atoms with Gasteiger partial charge < -0.3 is 4.90 Å². The van der Waals surface area contributed by atoms with Gasteiger partial charge in [0.15, 0.2) is 0 Å². The van der Waals surface area contributed by atoms with Crippen molar-refractivity contribution in [3.63, 3.8) is 0 Å². The van der Waals surface area contributed by atoms with Crippen LogP contribution in [0.3, 0.4) is 0 Å². The number of thiol groups is 1. The molecule has 0 N–H and O–H groups in total. The summed E-state index contributed by atoms with van der Waals surface area (Å²) in [4.78, 5) is 5.82. The first-order chi connectivity index (χ1) is 8.65. The van der Waals surface area contributed by atoms with E-state index in [1.807, 2.05) is 35.2 Å². The Morgan fingerprint density at radius 2 is 1.83 bits per heavy atom. The van der Waals surface area contributed by atoms with Gasteiger partial charge in [-0.1, -0.05) is 42.5 Å². The maximum absolute atomic E-state index is 4.81. The van der Waals surface area contributed by atoms with Crippen molar-refractivity contribution in [2.75, 3.05) is 13.1 Å². The van der Waals surface area contributed by atoms with Crippen molar-refractivity contribution >= 4 is 46.5 Å². The van der Waals surface area contributed by atoms with E-state index < -0.39 is 0 Å². The third-order valence-electron chi connectivity index (χ3n) is 2.20. The van der Waals surface area contributed by atoms with Gasteiger partial charge in [0.1, 0.15) is 4.32 Å². The van der Waals surface area contributed by atoms with Crippen LogP contribution >= 0.6 is 37.1 Å². The number of hydrogen-bond acceptors (Lipinski definition) is 3. The Bertz CT molecular complexity index is 382. The molecule has 0 atom stereocenters. The molecule has 0 radical (unpaired) electrons. The fraction of sp³-hybridized carbons (Fsp3) is 0.385. The third kappa shape index (κ3) is 8.37. The highest BCUT2D eigenvalue weighted by atomic mass is 32.1. The molecule has 0 aliphatic heterocycles. The Morgan fingerprint density at radius 3 is 2.17 bits per heavy atom. The van der Waals surface area contributed by atoms with Gasteiger partial charge in [0.05, 0.1) is 11.7 Å². The smallest absolute Gasteiger partial charge is 0.133 e. The quantitative estimate of drug-likeness (QED) is 0.517. The average molecular weight is 299 g/mol. The van der Waals surface area contributed by atoms with Gasteiger partial charge in [-0.15, -0.1) is 12.6 Å². The Hall–Kier alpha value is -0.740. The van der Waals surface area contributed by atoms with Crippen molar-refractivity contribution in [2.24, 2.45) is 4.99 Å². The Kier molecular flexibility index (Phi) is 10.9. The first-order valence-electron chi connectivity index (χ1n) is 5.71. The van der Waals surface area contributed by atoms with Crippen LogP contribution in [-0.4, -0.2) is 27.5 Å². The van der Waals surface area contributed by atoms with Crippen LogP contribution in [-0.2, 0) is 6.54 Å². The molecule has 0 aromatic heterocycles. The monoisotopic (exact) mass is 298 g/mol. The molecular formula is C13H18N2S3. The van der Waals surface area contributed by atoms with Crippen molar-refractivity contribution in [1.82, 2.24) is 4.90 Å². The van der Waals surface area contributed by atoms with Crippen LogP contribution in [0.2, 0.25) is 0 Å². The minimum absolute atomic E-state index is 0.643. The van der Waals surface area contributed by atoms with Gasteiger partial charge in [0.25, 0.3) is 0 Å². The highest BCUT2D eigenvalue weighted by molar-refractivity contribution is 8.10. The topological polar surface area (TPSA) is 15.6 Å². The summed E-state index contributed by atoms with van der Waals surface area (Å²) in [6, 6.07) is 9.96. The largest absolute Gasteiger partial charge is 0.358 e. The van der Waals surface area contributed by atoms with Crippen LogP contribution in [0.15, 0.2) is 35.3 Å². The fourth-order valence-electron chi connectivity index (χ4n) is 1.20. The number of isothiocyanates is 1. The summed E-state index contributed by atoms with van der Waals surface area (Å²) in [5, 5.41) is 2.32. The van der Waals surface area contributed by atoms with Crippen LogP contribution in [0.4, 0.5) is 0 Å². The first-order valence-corrected chi connectivity index (χ1v) is 6.97. The van der Waals surface area contributed by atoms with Crippen LogP contribution < -0.4 is 0 Å². The van der Waals surface area contributed by atoms with Gasteiger partial charge in [0.2, 0.25) is 0 Å². The molecule has 1 aromatic carbocycles. The zero-order valence-electron chi connectivity index (χ0n) is 10.7. The van der Waals surface area contributed by atoms with E-state index in [1.165, 1.54) is 5.56 Å². The predicted octanol–water partition coefficient (Wildman–Crippen LogP) is 3.83. The van der Waals surface area contributed by atoms with Crippen molar-refractivity contribution < 1.29 is 0 Å². The fourth-order valence-corrected chi connectivity index (χ4v) is 1.81. The summed E-state index contributed by atoms with van der Waals surface area (Å²) >= 11 is 13.3. The Balaban J connectivity index is 0.000000331. The molecule has 0 saturated heterocycles. The van der Waals surface area contributed by atoms with Crippen molar-refractivity contribution in [1.29, 1.82) is 0 Å². The molecule has 0 saturated carbocycles. The third-order valence-corrected chi connectivity index (χ3v) is 2.87. The van der Waals surface area contributed by atoms with Crippen LogP contribution in [0.1, 0.15) is 19.4 Å². The molecule has 0 aliphatic carbocycles. The van der Waals surface area contributed by atoms with Crippen LogP contribution in [0, 0.1) is 0 Å². The zero-order valence-corrected chi connectivity index (χ0v) is 13.2. The molecule has 18 heavy (non-hydrogen) atoms. The number of hydrogen-bond donors (Lipinski definition) is 1. The molecule has 1 rings (SSSR count). The van der Waals surface area contributed by atoms with Gasteiger partial charge in [-0.25, -0.2) is 4.99 Å². The lowest BCUT2D eigenvalue weighted by Gasteiger charge is -2.16. The van der Waals surface area contributed by atoms with Crippen molar-refractivity contribution in [3.8, 4) is 0 Å². The second-order valence-electron chi connectivity index (χ2n) is 3.35. The molecule has 98 valence electrons. The molecule has 5 heteroatoms. The Labute approximate surface area is 126 Å². The normalized spacial score (nSPS) is 8.61. The zero-order chi connectivity index (χ0) is 13.8. The van der Waals surface area contributed by atoms with E-state index in [2.05, 4.69) is 48.8 Å². The number of benzene rings is 1. The standard InChI is InChI=1S/C8H7NS.C5H11NS2/c10-7-9-6-8-4-2-1-3-5-8;1-3-6(4-2)5(7)8/h1-5H,6H2;3-4H2,1-2H3,(H,7,8). The van der Waals surface area contributed by atoms with Crippen molar-refractivity contribution in [2.45, 2.75) is 20.4 Å². The lowest BCUT2D eigenvalue weighted by molar-refractivity contribution is 0.482. The van der Waals surface area contributed by atoms with E-state index >= 15 is 0 Å². The second kappa shape index (κ2) is 11.4. The Morgan fingerprint density at radius 1 is 1.28 bits per heavy atom. The molecule has 0 fully saturated rings. The van der Waals surface area contributed by atoms with E-state index in [9.17, 15) is 0 Å². The maximum Gasteiger partial charge on any atom is 0.133 e. The molecule has 0 spiro atoms. The minimum atomic E-state index is 0.643. The molecule has 2 nitrogen and oxygen atoms in total. The molecule has 0 unspecified atom stereocenters. The number of nitrogens with zero attached hydrogens (tertiary/aromatic N) is 2. The second-order valence-corrected chi connectivity index (χ2v) is 4.64. The van der Waals surface area contributed by atoms with Gasteiger partial charge in [-0.2, -0.15) is 0 Å². The highest BCUT2D eigenvalue weighted by Gasteiger charge is 1.96. The van der Waals surface area contributed by atoms with Crippen LogP contribution in [0.25, 0.3) is 0 Å². The summed E-state index contributed by atoms with van der Waals surface area (Å²) in [6.07, 6.45) is 0. The number of rotatable bonds is 4. The van der Waals surface area contributed by atoms with E-state index in [0.29, 0.717) is 10.9 Å². The van der Waals surface area contributed by atoms with E-state index in [-0.39, 0.29) is 0 Å². The molecule has 0 bridgehead atoms. The van der Waals surface area contributed by atoms with E-state index in [0.717, 1.165) is 13.1 Å². The summed E-state index contributed by atoms with van der Waals surface area (Å²) in [5.41, 5.74) is 1.17. The number of aliphatic imine (C=N–C) groups is 1. The van der Waals surface area contributed by atoms with Gasteiger partial charge in [-0.3, -0.25) is 0 Å². The van der Waals surface area contributed by atoms with Gasteiger partial charge in [-0.05, 0) is 31.6 Å². The van der Waals surface area contributed by atoms with Crippen molar-refractivity contribution in [3.05, 3.63) is 35.9 Å². The lowest BCUT2D eigenvalue weighted by atomic mass is 10.2. The first kappa shape index (κ1) is 17.3. The predicted molar refractivity (Wildman–Crippen MR) is 89.7 cm³/mol. The summed E-state index contributed by atoms with van der Waals surface area (Å²) in [5.74, 6) is 0. The molecule has 0 amide bonds. The molecule has 1 aromatic rings. The summed E-state index contributed by atoms with van der Waals surface area (Å²) < 4.78 is 0.690. The molecular weight excluding hydrogens is 280 g/mol. The van der Waals surface area contributed by atoms with Gasteiger partial charge in [0, 0.05) is 13.1 Å². The van der Waals surface area contributed by atoms with E-state index in [1.54, 1.807) is 0 Å². The summed E-state index contributed by atoms with van der Waals surface area (Å²) in [6.45, 7) is 6.68. The molecule has 0 aliphatic rings. The SMILES string of the molecule is CCN(CC)C(=S)S.S=C=NCc1ccccc1. The van der Waals surface area contributed by atoms with Crippen LogP contribution in [0.5, 0.6) is 0 Å². The highest BCUT2D eigenvalue weighted by Crippen LogP contribution is 1.98.